The van der Waals surface area contributed by atoms with Crippen LogP contribution in [0, 0.1) is 0 Å². The van der Waals surface area contributed by atoms with Crippen molar-refractivity contribution >= 4 is 23.4 Å². The fourth-order valence-corrected chi connectivity index (χ4v) is 2.92. The maximum atomic E-state index is 12.4. The number of para-hydroxylation sites is 1. The molecule has 3 amide bonds. The Bertz CT molecular complexity index is 687. The van der Waals surface area contributed by atoms with Crippen molar-refractivity contribution in [3.05, 3.63) is 29.8 Å². The highest BCUT2D eigenvalue weighted by atomic mass is 16.2. The van der Waals surface area contributed by atoms with Gasteiger partial charge in [-0.1, -0.05) is 12.1 Å². The molecule has 1 heterocycles. The molecule has 0 radical (unpaired) electrons. The van der Waals surface area contributed by atoms with Crippen molar-refractivity contribution in [3.63, 3.8) is 0 Å². The lowest BCUT2D eigenvalue weighted by Gasteiger charge is -2.23. The summed E-state index contributed by atoms with van der Waals surface area (Å²) in [6, 6.07) is 6.60. The Labute approximate surface area is 147 Å². The fourth-order valence-electron chi connectivity index (χ4n) is 2.92. The number of nitrogens with one attached hydrogen (secondary N) is 2. The zero-order valence-electron chi connectivity index (χ0n) is 14.6. The highest BCUT2D eigenvalue weighted by Crippen LogP contribution is 2.24. The van der Waals surface area contributed by atoms with Gasteiger partial charge in [0.15, 0.2) is 0 Å². The van der Waals surface area contributed by atoms with Crippen LogP contribution in [0.25, 0.3) is 0 Å². The molecular weight excluding hydrogens is 320 g/mol. The number of hydrogen-bond acceptors (Lipinski definition) is 4. The summed E-state index contributed by atoms with van der Waals surface area (Å²) in [7, 11) is 3.79. The largest absolute Gasteiger partial charge is 0.344 e. The molecule has 0 saturated heterocycles. The molecule has 25 heavy (non-hydrogen) atoms. The predicted octanol–water partition coefficient (Wildman–Crippen LogP) is 0.680. The zero-order valence-corrected chi connectivity index (χ0v) is 14.6. The van der Waals surface area contributed by atoms with Crippen molar-refractivity contribution in [1.29, 1.82) is 0 Å². The molecule has 2 aliphatic rings. The number of carbonyl (C=O) groups excluding carboxylic acids is 3. The van der Waals surface area contributed by atoms with Crippen molar-refractivity contribution < 1.29 is 14.4 Å². The van der Waals surface area contributed by atoms with Gasteiger partial charge in [0.1, 0.15) is 6.04 Å². The second-order valence-corrected chi connectivity index (χ2v) is 6.79. The van der Waals surface area contributed by atoms with E-state index in [1.165, 1.54) is 12.8 Å². The molecular formula is C18H24N4O3. The number of benzene rings is 1. The van der Waals surface area contributed by atoms with Crippen molar-refractivity contribution in [1.82, 2.24) is 15.1 Å². The summed E-state index contributed by atoms with van der Waals surface area (Å²) in [5.74, 6) is -0.867. The lowest BCUT2D eigenvalue weighted by atomic mass is 10.1. The minimum absolute atomic E-state index is 0.0464. The van der Waals surface area contributed by atoms with Gasteiger partial charge in [0.05, 0.1) is 17.7 Å². The van der Waals surface area contributed by atoms with Gasteiger partial charge in [0.25, 0.3) is 5.91 Å². The predicted molar refractivity (Wildman–Crippen MR) is 94.2 cm³/mol. The normalized spacial score (nSPS) is 19.7. The SMILES string of the molecule is CN(CCN(C)C1CC1)C(=O)C[C@@H]1NC(=O)c2ccccc2NC1=O. The van der Waals surface area contributed by atoms with Gasteiger partial charge in [-0.25, -0.2) is 0 Å². The molecule has 1 atom stereocenters. The summed E-state index contributed by atoms with van der Waals surface area (Å²) in [6.07, 6.45) is 2.40. The highest BCUT2D eigenvalue weighted by molar-refractivity contribution is 6.10. The van der Waals surface area contributed by atoms with Crippen LogP contribution in [0.2, 0.25) is 0 Å². The van der Waals surface area contributed by atoms with E-state index in [0.717, 1.165) is 6.54 Å². The van der Waals surface area contributed by atoms with Gasteiger partial charge in [0.2, 0.25) is 11.8 Å². The quantitative estimate of drug-likeness (QED) is 0.795. The number of nitrogens with zero attached hydrogens (tertiary/aromatic N) is 2. The van der Waals surface area contributed by atoms with Crippen LogP contribution in [-0.2, 0) is 9.59 Å². The summed E-state index contributed by atoms with van der Waals surface area (Å²) in [6.45, 7) is 1.41. The van der Waals surface area contributed by atoms with Gasteiger partial charge in [-0.15, -0.1) is 0 Å². The van der Waals surface area contributed by atoms with Gasteiger partial charge >= 0.3 is 0 Å². The number of anilines is 1. The van der Waals surface area contributed by atoms with Crippen LogP contribution in [0.3, 0.4) is 0 Å². The first-order chi connectivity index (χ1) is 12.0. The van der Waals surface area contributed by atoms with Gasteiger partial charge in [0, 0.05) is 26.2 Å². The molecule has 134 valence electrons. The van der Waals surface area contributed by atoms with Crippen LogP contribution in [0.15, 0.2) is 24.3 Å². The van der Waals surface area contributed by atoms with Gasteiger partial charge in [-0.3, -0.25) is 14.4 Å². The summed E-state index contributed by atoms with van der Waals surface area (Å²) < 4.78 is 0. The first kappa shape index (κ1) is 17.4. The van der Waals surface area contributed by atoms with Crippen LogP contribution < -0.4 is 10.6 Å². The van der Waals surface area contributed by atoms with Crippen LogP contribution in [0.1, 0.15) is 29.6 Å². The van der Waals surface area contributed by atoms with Gasteiger partial charge in [-0.2, -0.15) is 0 Å². The average Bonchev–Trinajstić information content (AvgIpc) is 3.43. The Morgan fingerprint density at radius 1 is 1.16 bits per heavy atom. The van der Waals surface area contributed by atoms with Crippen LogP contribution in [0.4, 0.5) is 5.69 Å². The molecule has 0 aromatic heterocycles. The Kier molecular flexibility index (Phi) is 5.03. The molecule has 7 nitrogen and oxygen atoms in total. The number of carbonyl (C=O) groups is 3. The molecule has 1 fully saturated rings. The van der Waals surface area contributed by atoms with Crippen molar-refractivity contribution in [3.8, 4) is 0 Å². The van der Waals surface area contributed by atoms with Gasteiger partial charge < -0.3 is 20.4 Å². The lowest BCUT2D eigenvalue weighted by Crippen LogP contribution is -2.45. The van der Waals surface area contributed by atoms with Crippen LogP contribution in [0.5, 0.6) is 0 Å². The van der Waals surface area contributed by atoms with E-state index in [0.29, 0.717) is 23.8 Å². The van der Waals surface area contributed by atoms with E-state index < -0.39 is 6.04 Å². The molecule has 2 N–H and O–H groups in total. The van der Waals surface area contributed by atoms with E-state index in [2.05, 4.69) is 22.6 Å². The number of amides is 3. The number of rotatable bonds is 6. The molecule has 1 aromatic rings. The molecule has 1 aliphatic carbocycles. The average molecular weight is 344 g/mol. The van der Waals surface area contributed by atoms with Crippen molar-refractivity contribution in [2.24, 2.45) is 0 Å². The molecule has 7 heteroatoms. The minimum atomic E-state index is -0.865. The van der Waals surface area contributed by atoms with Gasteiger partial charge in [-0.05, 0) is 32.0 Å². The van der Waals surface area contributed by atoms with Crippen LogP contribution >= 0.6 is 0 Å². The Morgan fingerprint density at radius 3 is 2.60 bits per heavy atom. The van der Waals surface area contributed by atoms with E-state index >= 15 is 0 Å². The molecule has 1 aromatic carbocycles. The Balaban J connectivity index is 1.57. The molecule has 0 unspecified atom stereocenters. The smallest absolute Gasteiger partial charge is 0.254 e. The molecule has 1 aliphatic heterocycles. The number of hydrogen-bond donors (Lipinski definition) is 2. The lowest BCUT2D eigenvalue weighted by molar-refractivity contribution is -0.132. The number of likely N-dealkylation sites (N-methyl/N-ethyl adjacent to an activating group) is 2. The third-order valence-corrected chi connectivity index (χ3v) is 4.81. The van der Waals surface area contributed by atoms with Crippen molar-refractivity contribution in [2.75, 3.05) is 32.5 Å². The first-order valence-corrected chi connectivity index (χ1v) is 8.60. The highest BCUT2D eigenvalue weighted by Gasteiger charge is 2.30. The first-order valence-electron chi connectivity index (χ1n) is 8.60. The molecule has 0 spiro atoms. The number of fused-ring (bicyclic) bond motifs is 1. The summed E-state index contributed by atoms with van der Waals surface area (Å²) in [4.78, 5) is 40.9. The van der Waals surface area contributed by atoms with E-state index in [1.54, 1.807) is 36.2 Å². The molecule has 0 bridgehead atoms. The molecule has 3 rings (SSSR count). The second kappa shape index (κ2) is 7.23. The second-order valence-electron chi connectivity index (χ2n) is 6.79. The molecule has 1 saturated carbocycles. The Hall–Kier alpha value is -2.41. The van der Waals surface area contributed by atoms with E-state index in [1.807, 2.05) is 0 Å². The topological polar surface area (TPSA) is 81.8 Å². The monoisotopic (exact) mass is 344 g/mol. The Morgan fingerprint density at radius 2 is 1.88 bits per heavy atom. The zero-order chi connectivity index (χ0) is 18.0. The van der Waals surface area contributed by atoms with Crippen LogP contribution in [-0.4, -0.2) is 66.8 Å². The third-order valence-electron chi connectivity index (χ3n) is 4.81. The standard InChI is InChI=1S/C18H24N4O3/c1-21(12-7-8-12)9-10-22(2)16(23)11-15-18(25)19-14-6-4-3-5-13(14)17(24)20-15/h3-6,12,15H,7-11H2,1-2H3,(H,19,25)(H,20,24)/t15-/m0/s1. The summed E-state index contributed by atoms with van der Waals surface area (Å²) in [5.41, 5.74) is 0.879. The van der Waals surface area contributed by atoms with E-state index in [4.69, 9.17) is 0 Å². The van der Waals surface area contributed by atoms with E-state index in [9.17, 15) is 14.4 Å². The summed E-state index contributed by atoms with van der Waals surface area (Å²) >= 11 is 0. The maximum Gasteiger partial charge on any atom is 0.254 e. The fraction of sp³-hybridized carbons (Fsp3) is 0.500. The summed E-state index contributed by atoms with van der Waals surface area (Å²) in [5, 5.41) is 5.37. The third kappa shape index (κ3) is 4.17. The van der Waals surface area contributed by atoms with Crippen molar-refractivity contribution in [2.45, 2.75) is 31.3 Å². The minimum Gasteiger partial charge on any atom is -0.344 e. The van der Waals surface area contributed by atoms with E-state index in [-0.39, 0.29) is 24.1 Å². The maximum absolute atomic E-state index is 12.4.